The van der Waals surface area contributed by atoms with Crippen LogP contribution in [-0.4, -0.2) is 25.8 Å². The second-order valence-corrected chi connectivity index (χ2v) is 4.61. The average Bonchev–Trinajstić information content (AvgIpc) is 2.76. The van der Waals surface area contributed by atoms with Crippen LogP contribution in [0.25, 0.3) is 21.8 Å². The first-order valence-electron chi connectivity index (χ1n) is 6.34. The molecule has 3 rings (SSSR count). The van der Waals surface area contributed by atoms with Crippen molar-refractivity contribution in [3.8, 4) is 0 Å². The highest BCUT2D eigenvalue weighted by molar-refractivity contribution is 6.08. The first-order chi connectivity index (χ1) is 9.65. The van der Waals surface area contributed by atoms with Crippen LogP contribution >= 0.6 is 0 Å². The molecule has 6 heteroatoms. The van der Waals surface area contributed by atoms with E-state index in [0.29, 0.717) is 17.3 Å². The predicted molar refractivity (Wildman–Crippen MR) is 74.8 cm³/mol. The minimum atomic E-state index is -0.952. The van der Waals surface area contributed by atoms with Gasteiger partial charge in [-0.1, -0.05) is 25.1 Å². The van der Waals surface area contributed by atoms with Gasteiger partial charge in [-0.05, 0) is 12.5 Å². The lowest BCUT2D eigenvalue weighted by atomic mass is 10.2. The number of H-pyrrole nitrogens is 1. The third-order valence-electron chi connectivity index (χ3n) is 3.51. The summed E-state index contributed by atoms with van der Waals surface area (Å²) in [4.78, 5) is 23.6. The molecule has 1 atom stereocenters. The molecular formula is C14H13N3O3. The van der Waals surface area contributed by atoms with Crippen LogP contribution < -0.4 is 5.56 Å². The van der Waals surface area contributed by atoms with Crippen LogP contribution in [0.4, 0.5) is 0 Å². The maximum Gasteiger partial charge on any atom is 0.326 e. The lowest BCUT2D eigenvalue weighted by Gasteiger charge is -2.14. The van der Waals surface area contributed by atoms with E-state index < -0.39 is 12.0 Å². The summed E-state index contributed by atoms with van der Waals surface area (Å²) in [6, 6.07) is 6.59. The summed E-state index contributed by atoms with van der Waals surface area (Å²) in [5, 5.41) is 17.1. The Hall–Kier alpha value is -2.63. The fourth-order valence-corrected chi connectivity index (χ4v) is 2.65. The lowest BCUT2D eigenvalue weighted by Crippen LogP contribution is -2.21. The van der Waals surface area contributed by atoms with E-state index >= 15 is 0 Å². The maximum atomic E-state index is 12.1. The Morgan fingerprint density at radius 3 is 2.85 bits per heavy atom. The van der Waals surface area contributed by atoms with Crippen molar-refractivity contribution < 1.29 is 9.90 Å². The zero-order chi connectivity index (χ0) is 14.3. The summed E-state index contributed by atoms with van der Waals surface area (Å²) in [5.74, 6) is -0.952. The fraction of sp³-hybridized carbons (Fsp3) is 0.214. The molecule has 0 aliphatic rings. The number of carbonyl (C=O) groups is 1. The number of aromatic nitrogens is 3. The smallest absolute Gasteiger partial charge is 0.326 e. The van der Waals surface area contributed by atoms with E-state index in [1.54, 1.807) is 17.7 Å². The number of nitrogens with zero attached hydrogens (tertiary/aromatic N) is 2. The molecule has 0 amide bonds. The highest BCUT2D eigenvalue weighted by atomic mass is 16.4. The topological polar surface area (TPSA) is 88.0 Å². The SMILES string of the molecule is CC[C@H](C(=O)O)n1c2ccccc2c2cn[nH]c(=O)c21. The van der Waals surface area contributed by atoms with Crippen LogP contribution in [0.1, 0.15) is 19.4 Å². The third-order valence-corrected chi connectivity index (χ3v) is 3.51. The van der Waals surface area contributed by atoms with E-state index in [2.05, 4.69) is 10.2 Å². The molecule has 0 saturated heterocycles. The molecule has 1 aromatic carbocycles. The standard InChI is InChI=1S/C14H13N3O3/c1-2-10(14(19)20)17-11-6-4-3-5-8(11)9-7-15-16-13(18)12(9)17/h3-7,10H,2H2,1H3,(H,16,18)(H,19,20)/t10-/m1/s1. The first-order valence-corrected chi connectivity index (χ1v) is 6.34. The highest BCUT2D eigenvalue weighted by Crippen LogP contribution is 2.30. The number of para-hydroxylation sites is 1. The van der Waals surface area contributed by atoms with Crippen molar-refractivity contribution in [2.45, 2.75) is 19.4 Å². The molecule has 0 unspecified atom stereocenters. The number of aromatic amines is 1. The van der Waals surface area contributed by atoms with Gasteiger partial charge in [0.2, 0.25) is 0 Å². The van der Waals surface area contributed by atoms with E-state index in [0.717, 1.165) is 10.9 Å². The second-order valence-electron chi connectivity index (χ2n) is 4.61. The van der Waals surface area contributed by atoms with Gasteiger partial charge in [0.15, 0.2) is 0 Å². The summed E-state index contributed by atoms with van der Waals surface area (Å²) in [5.41, 5.74) is 0.712. The molecule has 102 valence electrons. The van der Waals surface area contributed by atoms with Gasteiger partial charge in [-0.2, -0.15) is 5.10 Å². The molecule has 20 heavy (non-hydrogen) atoms. The molecule has 2 heterocycles. The highest BCUT2D eigenvalue weighted by Gasteiger charge is 2.24. The minimum Gasteiger partial charge on any atom is -0.480 e. The molecule has 0 spiro atoms. The van der Waals surface area contributed by atoms with E-state index in [1.807, 2.05) is 24.3 Å². The number of rotatable bonds is 3. The molecule has 6 nitrogen and oxygen atoms in total. The van der Waals surface area contributed by atoms with Crippen LogP contribution in [0, 0.1) is 0 Å². The van der Waals surface area contributed by atoms with E-state index in [4.69, 9.17) is 0 Å². The molecule has 2 aromatic heterocycles. The van der Waals surface area contributed by atoms with Crippen molar-refractivity contribution in [3.05, 3.63) is 40.8 Å². The summed E-state index contributed by atoms with van der Waals surface area (Å²) in [6.07, 6.45) is 1.95. The molecule has 2 N–H and O–H groups in total. The second kappa shape index (κ2) is 4.48. The number of hydrogen-bond donors (Lipinski definition) is 2. The number of hydrogen-bond acceptors (Lipinski definition) is 3. The van der Waals surface area contributed by atoms with Crippen molar-refractivity contribution in [2.24, 2.45) is 0 Å². The van der Waals surface area contributed by atoms with Gasteiger partial charge in [-0.15, -0.1) is 0 Å². The van der Waals surface area contributed by atoms with Crippen molar-refractivity contribution in [3.63, 3.8) is 0 Å². The van der Waals surface area contributed by atoms with Crippen molar-refractivity contribution in [1.29, 1.82) is 0 Å². The molecule has 3 aromatic rings. The first kappa shape index (κ1) is 12.4. The molecule has 0 bridgehead atoms. The molecule has 0 saturated carbocycles. The van der Waals surface area contributed by atoms with Gasteiger partial charge >= 0.3 is 5.97 Å². The van der Waals surface area contributed by atoms with Crippen molar-refractivity contribution in [1.82, 2.24) is 14.8 Å². The average molecular weight is 271 g/mol. The summed E-state index contributed by atoms with van der Waals surface area (Å²) >= 11 is 0. The van der Waals surface area contributed by atoms with Gasteiger partial charge < -0.3 is 9.67 Å². The molecule has 0 fully saturated rings. The normalized spacial score (nSPS) is 12.8. The quantitative estimate of drug-likeness (QED) is 0.761. The number of nitrogens with one attached hydrogen (secondary N) is 1. The van der Waals surface area contributed by atoms with Crippen LogP contribution in [0.2, 0.25) is 0 Å². The van der Waals surface area contributed by atoms with Gasteiger partial charge in [0.05, 0.1) is 11.7 Å². The minimum absolute atomic E-state index is 0.357. The van der Waals surface area contributed by atoms with Crippen LogP contribution in [0.5, 0.6) is 0 Å². The van der Waals surface area contributed by atoms with Gasteiger partial charge in [0.25, 0.3) is 5.56 Å². The molecule has 0 aliphatic heterocycles. The Morgan fingerprint density at radius 2 is 2.15 bits per heavy atom. The molecule has 0 radical (unpaired) electrons. The Balaban J connectivity index is 2.55. The van der Waals surface area contributed by atoms with Crippen LogP contribution in [-0.2, 0) is 4.79 Å². The summed E-state index contributed by atoms with van der Waals surface area (Å²) in [6.45, 7) is 1.79. The third kappa shape index (κ3) is 1.61. The van der Waals surface area contributed by atoms with Crippen LogP contribution in [0.15, 0.2) is 35.3 Å². The Kier molecular flexibility index (Phi) is 2.78. The number of fused-ring (bicyclic) bond motifs is 3. The maximum absolute atomic E-state index is 12.1. The number of carboxylic acid groups (broad SMARTS) is 1. The van der Waals surface area contributed by atoms with E-state index in [9.17, 15) is 14.7 Å². The van der Waals surface area contributed by atoms with E-state index in [1.165, 1.54) is 0 Å². The summed E-state index contributed by atoms with van der Waals surface area (Å²) in [7, 11) is 0. The number of aliphatic carboxylic acids is 1. The fourth-order valence-electron chi connectivity index (χ4n) is 2.65. The van der Waals surface area contributed by atoms with E-state index in [-0.39, 0.29) is 5.56 Å². The van der Waals surface area contributed by atoms with Crippen molar-refractivity contribution >= 4 is 27.8 Å². The number of benzene rings is 1. The molecule has 0 aliphatic carbocycles. The van der Waals surface area contributed by atoms with Crippen molar-refractivity contribution in [2.75, 3.05) is 0 Å². The molecular weight excluding hydrogens is 258 g/mol. The van der Waals surface area contributed by atoms with Gasteiger partial charge in [-0.25, -0.2) is 9.89 Å². The summed E-state index contributed by atoms with van der Waals surface area (Å²) < 4.78 is 1.59. The van der Waals surface area contributed by atoms with Crippen LogP contribution in [0.3, 0.4) is 0 Å². The van der Waals surface area contributed by atoms with Gasteiger partial charge in [-0.3, -0.25) is 4.79 Å². The Bertz CT molecular complexity index is 863. The monoisotopic (exact) mass is 271 g/mol. The Labute approximate surface area is 113 Å². The van der Waals surface area contributed by atoms with Gasteiger partial charge in [0.1, 0.15) is 11.6 Å². The predicted octanol–water partition coefficient (Wildman–Crippen LogP) is 1.91. The Morgan fingerprint density at radius 1 is 1.40 bits per heavy atom. The largest absolute Gasteiger partial charge is 0.480 e. The number of carboxylic acids is 1. The zero-order valence-corrected chi connectivity index (χ0v) is 10.8. The van der Waals surface area contributed by atoms with Gasteiger partial charge in [0, 0.05) is 10.8 Å². The zero-order valence-electron chi connectivity index (χ0n) is 10.8. The lowest BCUT2D eigenvalue weighted by molar-refractivity contribution is -0.140.